The molecule has 5 rings (SSSR count). The summed E-state index contributed by atoms with van der Waals surface area (Å²) in [5.74, 6) is -0.147. The molecule has 4 heterocycles. The van der Waals surface area contributed by atoms with E-state index in [0.717, 1.165) is 56.7 Å². The molecule has 8 heteroatoms. The second-order valence-corrected chi connectivity index (χ2v) is 10.6. The third-order valence-electron chi connectivity index (χ3n) is 6.69. The first-order valence-electron chi connectivity index (χ1n) is 11.8. The molecule has 180 valence electrons. The molecule has 3 N–H and O–H groups in total. The van der Waals surface area contributed by atoms with Gasteiger partial charge < -0.3 is 25.4 Å². The van der Waals surface area contributed by atoms with Crippen LogP contribution in [0.5, 0.6) is 0 Å². The maximum absolute atomic E-state index is 13.6. The number of aliphatic hydroxyl groups is 1. The zero-order chi connectivity index (χ0) is 23.9. The molecule has 6 nitrogen and oxygen atoms in total. The molecule has 0 unspecified atom stereocenters. The Bertz CT molecular complexity index is 1160. The van der Waals surface area contributed by atoms with Gasteiger partial charge in [0.15, 0.2) is 0 Å². The Morgan fingerprint density at radius 1 is 1.29 bits per heavy atom. The van der Waals surface area contributed by atoms with Gasteiger partial charge in [-0.15, -0.1) is 11.3 Å². The first-order valence-corrected chi connectivity index (χ1v) is 12.6. The van der Waals surface area contributed by atoms with E-state index in [9.17, 15) is 14.3 Å². The van der Waals surface area contributed by atoms with Gasteiger partial charge in [0.1, 0.15) is 17.2 Å². The molecule has 2 aromatic rings. The smallest absolute Gasteiger partial charge is 0.260 e. The number of benzene rings is 1. The predicted molar refractivity (Wildman–Crippen MR) is 133 cm³/mol. The molecule has 0 spiro atoms. The second-order valence-electron chi connectivity index (χ2n) is 9.60. The summed E-state index contributed by atoms with van der Waals surface area (Å²) in [7, 11) is 0. The van der Waals surface area contributed by atoms with Gasteiger partial charge in [-0.05, 0) is 68.0 Å². The van der Waals surface area contributed by atoms with Gasteiger partial charge in [0.2, 0.25) is 0 Å². The van der Waals surface area contributed by atoms with Gasteiger partial charge in [0.25, 0.3) is 5.91 Å². The Hall–Kier alpha value is -2.52. The number of nitrogens with one attached hydrogen (secondary N) is 2. The third-order valence-corrected chi connectivity index (χ3v) is 7.62. The third kappa shape index (κ3) is 4.68. The number of thiophene rings is 1. The van der Waals surface area contributed by atoms with Crippen LogP contribution in [0.15, 0.2) is 41.5 Å². The van der Waals surface area contributed by atoms with Crippen molar-refractivity contribution in [2.45, 2.75) is 44.9 Å². The molecular formula is C26H30FN3O3S. The van der Waals surface area contributed by atoms with E-state index < -0.39 is 5.60 Å². The molecule has 1 aromatic heterocycles. The van der Waals surface area contributed by atoms with E-state index in [0.29, 0.717) is 22.6 Å². The number of fused-ring (bicyclic) bond motifs is 1. The number of hydrogen-bond acceptors (Lipinski definition) is 6. The summed E-state index contributed by atoms with van der Waals surface area (Å²) in [4.78, 5) is 16.3. The number of rotatable bonds is 6. The van der Waals surface area contributed by atoms with Crippen LogP contribution in [-0.2, 0) is 16.1 Å². The molecule has 1 amide bonds. The van der Waals surface area contributed by atoms with Crippen molar-refractivity contribution in [2.24, 2.45) is 0 Å². The highest BCUT2D eigenvalue weighted by Crippen LogP contribution is 2.45. The molecule has 1 saturated heterocycles. The number of anilines is 1. The van der Waals surface area contributed by atoms with Gasteiger partial charge >= 0.3 is 0 Å². The highest BCUT2D eigenvalue weighted by atomic mass is 32.1. The number of allylic oxidation sites excluding steroid dienone is 1. The fourth-order valence-corrected chi connectivity index (χ4v) is 5.67. The molecule has 1 aromatic carbocycles. The number of amides is 1. The lowest BCUT2D eigenvalue weighted by Crippen LogP contribution is -2.39. The van der Waals surface area contributed by atoms with Crippen LogP contribution in [0.4, 0.5) is 10.1 Å². The molecule has 34 heavy (non-hydrogen) atoms. The van der Waals surface area contributed by atoms with Crippen LogP contribution in [0.25, 0.3) is 11.1 Å². The molecule has 0 atom stereocenters. The molecule has 0 radical (unpaired) electrons. The van der Waals surface area contributed by atoms with Crippen molar-refractivity contribution in [3.63, 3.8) is 0 Å². The highest BCUT2D eigenvalue weighted by molar-refractivity contribution is 7.10. The van der Waals surface area contributed by atoms with Crippen molar-refractivity contribution in [1.82, 2.24) is 10.2 Å². The van der Waals surface area contributed by atoms with Crippen LogP contribution in [-0.4, -0.2) is 53.8 Å². The van der Waals surface area contributed by atoms with E-state index in [1.54, 1.807) is 17.4 Å². The minimum Gasteiger partial charge on any atom is -0.482 e. The Kier molecular flexibility index (Phi) is 6.33. The van der Waals surface area contributed by atoms with Crippen molar-refractivity contribution in [1.29, 1.82) is 0 Å². The lowest BCUT2D eigenvalue weighted by molar-refractivity contribution is -0.111. The standard InChI is InChI=1S/C26H30FN3O3S/c1-26(2)21(13-23(33-26)24-20-4-3-17(27)12-22(20)29-25(24)32)16-11-19(34-15-16)14-28-7-10-30-8-5-18(31)6-9-30/h3-4,11-13,15,18,28,31H,5-10,14H2,1-2H3,(H,29,32)/b24-23+. The van der Waals surface area contributed by atoms with Crippen LogP contribution < -0.4 is 10.6 Å². The van der Waals surface area contributed by atoms with Crippen LogP contribution >= 0.6 is 11.3 Å². The molecular weight excluding hydrogens is 453 g/mol. The normalized spacial score (nSPS) is 22.5. The predicted octanol–water partition coefficient (Wildman–Crippen LogP) is 3.99. The fraction of sp³-hybridized carbons (Fsp3) is 0.423. The number of aliphatic hydroxyl groups excluding tert-OH is 1. The summed E-state index contributed by atoms with van der Waals surface area (Å²) < 4.78 is 19.8. The highest BCUT2D eigenvalue weighted by Gasteiger charge is 2.38. The van der Waals surface area contributed by atoms with Gasteiger partial charge in [-0.25, -0.2) is 4.39 Å². The van der Waals surface area contributed by atoms with Crippen molar-refractivity contribution in [2.75, 3.05) is 31.5 Å². The number of hydrogen-bond donors (Lipinski definition) is 3. The van der Waals surface area contributed by atoms with Crippen LogP contribution in [0.1, 0.15) is 42.7 Å². The Morgan fingerprint density at radius 3 is 2.88 bits per heavy atom. The number of likely N-dealkylation sites (tertiary alicyclic amines) is 1. The van der Waals surface area contributed by atoms with Crippen LogP contribution in [0.3, 0.4) is 0 Å². The Morgan fingerprint density at radius 2 is 2.09 bits per heavy atom. The SMILES string of the molecule is CC1(C)O/C(=C2/C(=O)Nc3cc(F)ccc32)C=C1c1csc(CNCCN2CCC(O)CC2)c1. The van der Waals surface area contributed by atoms with Gasteiger partial charge in [-0.2, -0.15) is 0 Å². The quantitative estimate of drug-likeness (QED) is 0.428. The zero-order valence-electron chi connectivity index (χ0n) is 19.5. The number of carbonyl (C=O) groups excluding carboxylic acids is 1. The van der Waals surface area contributed by atoms with E-state index in [1.165, 1.54) is 17.0 Å². The Balaban J connectivity index is 1.27. The largest absolute Gasteiger partial charge is 0.482 e. The first kappa shape index (κ1) is 23.2. The van der Waals surface area contributed by atoms with Gasteiger partial charge in [0, 0.05) is 48.7 Å². The fourth-order valence-electron chi connectivity index (χ4n) is 4.81. The van der Waals surface area contributed by atoms with Gasteiger partial charge in [-0.1, -0.05) is 0 Å². The number of halogens is 1. The lowest BCUT2D eigenvalue weighted by atomic mass is 9.94. The monoisotopic (exact) mass is 483 g/mol. The molecule has 3 aliphatic rings. The topological polar surface area (TPSA) is 73.8 Å². The van der Waals surface area contributed by atoms with Crippen LogP contribution in [0.2, 0.25) is 0 Å². The van der Waals surface area contributed by atoms with Crippen LogP contribution in [0, 0.1) is 5.82 Å². The van der Waals surface area contributed by atoms with E-state index in [1.807, 2.05) is 19.9 Å². The first-order chi connectivity index (χ1) is 16.3. The summed E-state index contributed by atoms with van der Waals surface area (Å²) in [5, 5.41) is 18.0. The summed E-state index contributed by atoms with van der Waals surface area (Å²) in [6.45, 7) is 8.61. The van der Waals surface area contributed by atoms with Crippen molar-refractivity contribution < 1.29 is 19.0 Å². The average Bonchev–Trinajstić information content (AvgIpc) is 3.46. The van der Waals surface area contributed by atoms with Crippen molar-refractivity contribution in [3.8, 4) is 0 Å². The lowest BCUT2D eigenvalue weighted by Gasteiger charge is -2.29. The summed E-state index contributed by atoms with van der Waals surface area (Å²) >= 11 is 1.71. The Labute approximate surface area is 203 Å². The molecule has 0 aliphatic carbocycles. The maximum Gasteiger partial charge on any atom is 0.260 e. The average molecular weight is 484 g/mol. The maximum atomic E-state index is 13.6. The van der Waals surface area contributed by atoms with E-state index >= 15 is 0 Å². The summed E-state index contributed by atoms with van der Waals surface area (Å²) in [5.41, 5.74) is 3.10. The van der Waals surface area contributed by atoms with Gasteiger partial charge in [-0.3, -0.25) is 4.79 Å². The van der Waals surface area contributed by atoms with Gasteiger partial charge in [0.05, 0.1) is 17.4 Å². The summed E-state index contributed by atoms with van der Waals surface area (Å²) in [6.07, 6.45) is 3.54. The van der Waals surface area contributed by atoms with Crippen molar-refractivity contribution >= 4 is 34.1 Å². The minimum absolute atomic E-state index is 0.135. The van der Waals surface area contributed by atoms with E-state index in [-0.39, 0.29) is 17.8 Å². The zero-order valence-corrected chi connectivity index (χ0v) is 20.3. The van der Waals surface area contributed by atoms with E-state index in [2.05, 4.69) is 27.0 Å². The number of ether oxygens (including phenoxy) is 1. The van der Waals surface area contributed by atoms with E-state index in [4.69, 9.17) is 4.74 Å². The molecule has 0 bridgehead atoms. The van der Waals surface area contributed by atoms with Crippen molar-refractivity contribution in [3.05, 3.63) is 63.3 Å². The number of piperidine rings is 1. The molecule has 0 saturated carbocycles. The number of nitrogens with zero attached hydrogens (tertiary/aromatic N) is 1. The summed E-state index contributed by atoms with van der Waals surface area (Å²) in [6, 6.07) is 6.49. The second kappa shape index (κ2) is 9.26. The molecule has 1 fully saturated rings. The number of carbonyl (C=O) groups is 1. The minimum atomic E-state index is -0.587. The molecule has 3 aliphatic heterocycles.